The third kappa shape index (κ3) is 6.96. The van der Waals surface area contributed by atoms with Gasteiger partial charge in [0, 0.05) is 32.1 Å². The lowest BCUT2D eigenvalue weighted by molar-refractivity contribution is 0.389. The van der Waals surface area contributed by atoms with Gasteiger partial charge in [-0.05, 0) is 31.7 Å². The van der Waals surface area contributed by atoms with Gasteiger partial charge in [0.05, 0.1) is 5.75 Å². The fraction of sp³-hybridized carbons (Fsp3) is 0.632. The lowest BCUT2D eigenvalue weighted by atomic mass is 9.76. The van der Waals surface area contributed by atoms with Gasteiger partial charge in [-0.2, -0.15) is 0 Å². The summed E-state index contributed by atoms with van der Waals surface area (Å²) in [6.45, 7) is 7.95. The van der Waals surface area contributed by atoms with E-state index >= 15 is 0 Å². The minimum atomic E-state index is -3.12. The number of hydrogen-bond donors (Lipinski definition) is 3. The average molecular weight is 383 g/mol. The van der Waals surface area contributed by atoms with Gasteiger partial charge in [0.25, 0.3) is 0 Å². The van der Waals surface area contributed by atoms with Gasteiger partial charge < -0.3 is 10.6 Å². The quantitative estimate of drug-likeness (QED) is 0.311. The number of nitrogens with one attached hydrogen (secondary N) is 3. The van der Waals surface area contributed by atoms with Gasteiger partial charge in [-0.15, -0.1) is 0 Å². The number of sulfonamides is 1. The highest BCUT2D eigenvalue weighted by Gasteiger charge is 2.28. The number of guanidine groups is 1. The van der Waals surface area contributed by atoms with E-state index in [1.165, 1.54) is 5.56 Å². The molecule has 0 saturated heterocycles. The average Bonchev–Trinajstić information content (AvgIpc) is 2.68. The molecule has 0 saturated carbocycles. The summed E-state index contributed by atoms with van der Waals surface area (Å²) in [6.07, 6.45) is 2.78. The first kappa shape index (κ1) is 22.4. The Morgan fingerprint density at radius 2 is 1.69 bits per heavy atom. The summed E-state index contributed by atoms with van der Waals surface area (Å²) in [5, 5.41) is 6.68. The molecule has 0 fully saturated rings. The zero-order valence-electron chi connectivity index (χ0n) is 16.5. The molecule has 1 aromatic rings. The van der Waals surface area contributed by atoms with Gasteiger partial charge in [0.2, 0.25) is 10.0 Å². The van der Waals surface area contributed by atoms with Crippen LogP contribution >= 0.6 is 0 Å². The summed E-state index contributed by atoms with van der Waals surface area (Å²) in [6, 6.07) is 10.6. The molecule has 6 nitrogen and oxygen atoms in total. The van der Waals surface area contributed by atoms with E-state index in [1.807, 2.05) is 6.07 Å². The van der Waals surface area contributed by atoms with Crippen LogP contribution in [0.25, 0.3) is 0 Å². The Labute approximate surface area is 158 Å². The molecule has 1 aromatic carbocycles. The highest BCUT2D eigenvalue weighted by atomic mass is 32.2. The monoisotopic (exact) mass is 382 g/mol. The maximum atomic E-state index is 11.4. The number of hydrogen-bond acceptors (Lipinski definition) is 3. The molecular weight excluding hydrogens is 348 g/mol. The first-order valence-corrected chi connectivity index (χ1v) is 11.1. The minimum absolute atomic E-state index is 0.0651. The van der Waals surface area contributed by atoms with Crippen molar-refractivity contribution in [2.75, 3.05) is 32.4 Å². The minimum Gasteiger partial charge on any atom is -0.356 e. The number of benzene rings is 1. The summed E-state index contributed by atoms with van der Waals surface area (Å²) < 4.78 is 25.4. The Morgan fingerprint density at radius 1 is 1.04 bits per heavy atom. The lowest BCUT2D eigenvalue weighted by Crippen LogP contribution is -2.45. The topological polar surface area (TPSA) is 82.6 Å². The van der Waals surface area contributed by atoms with E-state index in [0.29, 0.717) is 19.5 Å². The van der Waals surface area contributed by atoms with E-state index in [0.717, 1.165) is 25.3 Å². The van der Waals surface area contributed by atoms with Gasteiger partial charge in [0.1, 0.15) is 0 Å². The van der Waals surface area contributed by atoms with Crippen molar-refractivity contribution >= 4 is 16.0 Å². The van der Waals surface area contributed by atoms with Crippen molar-refractivity contribution in [2.45, 2.75) is 45.4 Å². The van der Waals surface area contributed by atoms with Crippen molar-refractivity contribution in [3.8, 4) is 0 Å². The van der Waals surface area contributed by atoms with Crippen molar-refractivity contribution in [3.05, 3.63) is 35.9 Å². The summed E-state index contributed by atoms with van der Waals surface area (Å²) in [5.41, 5.74) is 1.40. The van der Waals surface area contributed by atoms with E-state index in [9.17, 15) is 8.42 Å². The molecule has 7 heteroatoms. The summed E-state index contributed by atoms with van der Waals surface area (Å²) in [7, 11) is -1.37. The zero-order chi connectivity index (χ0) is 19.5. The van der Waals surface area contributed by atoms with Crippen LogP contribution in [0.15, 0.2) is 35.3 Å². The van der Waals surface area contributed by atoms with E-state index in [-0.39, 0.29) is 11.2 Å². The molecule has 1 rings (SSSR count). The molecule has 0 aliphatic heterocycles. The van der Waals surface area contributed by atoms with Crippen LogP contribution in [-0.4, -0.2) is 46.8 Å². The molecule has 0 amide bonds. The van der Waals surface area contributed by atoms with Crippen LogP contribution in [0.3, 0.4) is 0 Å². The maximum Gasteiger partial charge on any atom is 0.211 e. The number of nitrogens with zero attached hydrogens (tertiary/aromatic N) is 1. The molecule has 0 radical (unpaired) electrons. The van der Waals surface area contributed by atoms with Crippen molar-refractivity contribution in [2.24, 2.45) is 4.99 Å². The Balaban J connectivity index is 2.52. The lowest BCUT2D eigenvalue weighted by Gasteiger charge is -2.33. The highest BCUT2D eigenvalue weighted by molar-refractivity contribution is 7.89. The van der Waals surface area contributed by atoms with Crippen LogP contribution in [0.2, 0.25) is 0 Å². The van der Waals surface area contributed by atoms with Crippen LogP contribution in [0, 0.1) is 0 Å². The highest BCUT2D eigenvalue weighted by Crippen LogP contribution is 2.30. The largest absolute Gasteiger partial charge is 0.356 e. The van der Waals surface area contributed by atoms with Gasteiger partial charge >= 0.3 is 0 Å². The Hall–Kier alpha value is -1.60. The van der Waals surface area contributed by atoms with E-state index in [2.05, 4.69) is 58.5 Å². The molecule has 0 aliphatic rings. The van der Waals surface area contributed by atoms with Crippen LogP contribution < -0.4 is 15.4 Å². The zero-order valence-corrected chi connectivity index (χ0v) is 17.3. The van der Waals surface area contributed by atoms with Crippen molar-refractivity contribution in [3.63, 3.8) is 0 Å². The summed E-state index contributed by atoms with van der Waals surface area (Å²) in [4.78, 5) is 4.27. The smallest absolute Gasteiger partial charge is 0.211 e. The Bertz CT molecular complexity index is 641. The molecule has 0 heterocycles. The first-order valence-electron chi connectivity index (χ1n) is 9.40. The normalized spacial score (nSPS) is 12.8. The first-order chi connectivity index (χ1) is 12.4. The predicted octanol–water partition coefficient (Wildman–Crippen LogP) is 2.24. The molecular formula is C19H34N4O2S. The third-order valence-corrected chi connectivity index (χ3v) is 6.31. The van der Waals surface area contributed by atoms with E-state index < -0.39 is 10.0 Å². The molecule has 3 N–H and O–H groups in total. The second-order valence-electron chi connectivity index (χ2n) is 6.36. The fourth-order valence-corrected chi connectivity index (χ4v) is 3.56. The summed E-state index contributed by atoms with van der Waals surface area (Å²) in [5.74, 6) is 0.852. The van der Waals surface area contributed by atoms with E-state index in [4.69, 9.17) is 0 Å². The predicted molar refractivity (Wildman–Crippen MR) is 110 cm³/mol. The van der Waals surface area contributed by atoms with Crippen LogP contribution in [0.4, 0.5) is 0 Å². The molecule has 0 unspecified atom stereocenters. The molecule has 0 aliphatic carbocycles. The SMILES string of the molecule is CCC(CC)(CNC(=NC)NCCCNS(=O)(=O)CC)c1ccccc1. The third-order valence-electron chi connectivity index (χ3n) is 4.91. The Kier molecular flexibility index (Phi) is 9.65. The van der Waals surface area contributed by atoms with Crippen LogP contribution in [0.5, 0.6) is 0 Å². The Morgan fingerprint density at radius 3 is 2.23 bits per heavy atom. The van der Waals surface area contributed by atoms with Gasteiger partial charge in [-0.3, -0.25) is 4.99 Å². The van der Waals surface area contributed by atoms with Crippen molar-refractivity contribution in [1.82, 2.24) is 15.4 Å². The maximum absolute atomic E-state index is 11.4. The van der Waals surface area contributed by atoms with Crippen LogP contribution in [-0.2, 0) is 15.4 Å². The molecule has 26 heavy (non-hydrogen) atoms. The standard InChI is InChI=1S/C19H34N4O2S/c1-5-19(6-2,17-12-9-8-10-13-17)16-22-18(20-4)21-14-11-15-23-26(24,25)7-3/h8-10,12-13,23H,5-7,11,14-16H2,1-4H3,(H2,20,21,22). The van der Waals surface area contributed by atoms with Gasteiger partial charge in [-0.1, -0.05) is 44.2 Å². The number of rotatable bonds is 11. The van der Waals surface area contributed by atoms with Crippen molar-refractivity contribution < 1.29 is 8.42 Å². The van der Waals surface area contributed by atoms with E-state index in [1.54, 1.807) is 14.0 Å². The molecule has 0 spiro atoms. The van der Waals surface area contributed by atoms with Gasteiger partial charge in [-0.25, -0.2) is 13.1 Å². The van der Waals surface area contributed by atoms with Crippen LogP contribution in [0.1, 0.15) is 45.6 Å². The number of aliphatic imine (C=N–C) groups is 1. The van der Waals surface area contributed by atoms with Gasteiger partial charge in [0.15, 0.2) is 5.96 Å². The fourth-order valence-electron chi connectivity index (χ4n) is 2.90. The molecule has 0 atom stereocenters. The van der Waals surface area contributed by atoms with Crippen molar-refractivity contribution in [1.29, 1.82) is 0 Å². The summed E-state index contributed by atoms with van der Waals surface area (Å²) >= 11 is 0. The second kappa shape index (κ2) is 11.2. The second-order valence-corrected chi connectivity index (χ2v) is 8.45. The molecule has 0 aromatic heterocycles. The molecule has 148 valence electrons. The molecule has 0 bridgehead atoms.